The third kappa shape index (κ3) is 4.58. The van der Waals surface area contributed by atoms with Crippen molar-refractivity contribution in [1.29, 1.82) is 0 Å². The van der Waals surface area contributed by atoms with Crippen LogP contribution in [-0.2, 0) is 15.7 Å². The summed E-state index contributed by atoms with van der Waals surface area (Å²) in [5.41, 5.74) is 1.47. The number of benzene rings is 2. The summed E-state index contributed by atoms with van der Waals surface area (Å²) >= 11 is 0. The van der Waals surface area contributed by atoms with Crippen molar-refractivity contribution in [3.63, 3.8) is 0 Å². The van der Waals surface area contributed by atoms with E-state index in [0.717, 1.165) is 36.2 Å². The first-order valence-electron chi connectivity index (χ1n) is 14.4. The molecule has 2 N–H and O–H groups in total. The van der Waals surface area contributed by atoms with E-state index < -0.39 is 23.3 Å². The first kappa shape index (κ1) is 26.8. The smallest absolute Gasteiger partial charge is 0.402 e. The number of nitrogens with zero attached hydrogens (tertiary/aromatic N) is 5. The summed E-state index contributed by atoms with van der Waals surface area (Å²) in [5.74, 6) is -0.294. The van der Waals surface area contributed by atoms with Crippen LogP contribution in [0.4, 0.5) is 30.6 Å². The van der Waals surface area contributed by atoms with Crippen LogP contribution in [0.1, 0.15) is 36.0 Å². The van der Waals surface area contributed by atoms with Crippen LogP contribution < -0.4 is 15.5 Å². The maximum absolute atomic E-state index is 13.7. The summed E-state index contributed by atoms with van der Waals surface area (Å²) in [6.45, 7) is 0.880. The zero-order chi connectivity index (χ0) is 30.1. The molecule has 1 spiro atoms. The molecule has 44 heavy (non-hydrogen) atoms. The van der Waals surface area contributed by atoms with Gasteiger partial charge in [-0.25, -0.2) is 4.98 Å². The molecule has 4 aliphatic rings. The number of fused-ring (bicyclic) bond motifs is 3. The van der Waals surface area contributed by atoms with Crippen molar-refractivity contribution in [2.75, 3.05) is 28.6 Å². The first-order chi connectivity index (χ1) is 21.3. The van der Waals surface area contributed by atoms with Gasteiger partial charge < -0.3 is 24.7 Å². The average Bonchev–Trinajstić information content (AvgIpc) is 3.36. The number of pyridine rings is 1. The van der Waals surface area contributed by atoms with E-state index in [9.17, 15) is 18.0 Å². The van der Waals surface area contributed by atoms with Gasteiger partial charge in [0.15, 0.2) is 11.2 Å². The predicted octanol–water partition coefficient (Wildman–Crippen LogP) is 4.93. The monoisotopic (exact) mass is 601 g/mol. The van der Waals surface area contributed by atoms with Crippen molar-refractivity contribution in [3.8, 4) is 11.6 Å². The molecule has 0 radical (unpaired) electrons. The summed E-state index contributed by atoms with van der Waals surface area (Å²) in [7, 11) is 0. The molecule has 4 aromatic rings. The number of amides is 1. The highest BCUT2D eigenvalue weighted by Gasteiger charge is 2.62. The van der Waals surface area contributed by atoms with Gasteiger partial charge >= 0.3 is 12.2 Å². The van der Waals surface area contributed by atoms with E-state index in [0.29, 0.717) is 30.9 Å². The lowest BCUT2D eigenvalue weighted by atomic mass is 10.0. The molecule has 1 saturated carbocycles. The molecule has 3 fully saturated rings. The van der Waals surface area contributed by atoms with Crippen LogP contribution in [0.15, 0.2) is 76.3 Å². The molecule has 2 bridgehead atoms. The Hall–Kier alpha value is -4.78. The molecule has 10 nitrogen and oxygen atoms in total. The van der Waals surface area contributed by atoms with Crippen LogP contribution in [0.3, 0.4) is 0 Å². The number of carbonyl (C=O) groups excluding carboxylic acids is 1. The van der Waals surface area contributed by atoms with E-state index in [4.69, 9.17) is 14.1 Å². The number of carbonyl (C=O) groups is 1. The minimum atomic E-state index is -4.56. The molecule has 2 saturated heterocycles. The highest BCUT2D eigenvalue weighted by molar-refractivity contribution is 6.21. The number of nitrogens with one attached hydrogen (secondary N) is 2. The van der Waals surface area contributed by atoms with Gasteiger partial charge in [0.2, 0.25) is 0 Å². The number of hydrogen-bond acceptors (Lipinski definition) is 9. The second-order valence-electron chi connectivity index (χ2n) is 11.5. The number of aromatic nitrogens is 3. The van der Waals surface area contributed by atoms with Crippen LogP contribution in [0, 0.1) is 0 Å². The number of rotatable bonds is 5. The van der Waals surface area contributed by atoms with Crippen molar-refractivity contribution in [2.24, 2.45) is 4.99 Å². The van der Waals surface area contributed by atoms with Gasteiger partial charge in [0.1, 0.15) is 0 Å². The number of morpholine rings is 1. The highest BCUT2D eigenvalue weighted by atomic mass is 19.4. The van der Waals surface area contributed by atoms with Crippen LogP contribution in [0.25, 0.3) is 11.6 Å². The van der Waals surface area contributed by atoms with Gasteiger partial charge in [-0.1, -0.05) is 53.6 Å². The second kappa shape index (κ2) is 9.88. The molecule has 8 rings (SSSR count). The third-order valence-corrected chi connectivity index (χ3v) is 8.62. The molecular weight excluding hydrogens is 575 g/mol. The topological polar surface area (TPSA) is 118 Å². The Morgan fingerprint density at radius 1 is 1.00 bits per heavy atom. The predicted molar refractivity (Wildman–Crippen MR) is 155 cm³/mol. The minimum absolute atomic E-state index is 0.0163. The number of ether oxygens (including phenoxy) is 1. The van der Waals surface area contributed by atoms with Gasteiger partial charge in [0, 0.05) is 36.8 Å². The number of hydrogen-bond donors (Lipinski definition) is 2. The van der Waals surface area contributed by atoms with Crippen molar-refractivity contribution in [1.82, 2.24) is 15.2 Å². The molecule has 224 valence electrons. The van der Waals surface area contributed by atoms with Crippen LogP contribution in [0.2, 0.25) is 0 Å². The number of para-hydroxylation sites is 1. The van der Waals surface area contributed by atoms with Gasteiger partial charge in [-0.3, -0.25) is 9.79 Å². The molecule has 2 aromatic heterocycles. The van der Waals surface area contributed by atoms with Crippen molar-refractivity contribution >= 4 is 29.0 Å². The Labute approximate surface area is 249 Å². The highest BCUT2D eigenvalue weighted by Crippen LogP contribution is 2.46. The summed E-state index contributed by atoms with van der Waals surface area (Å²) in [4.78, 5) is 24.5. The van der Waals surface area contributed by atoms with Crippen molar-refractivity contribution in [2.45, 2.75) is 49.2 Å². The lowest BCUT2D eigenvalue weighted by Gasteiger charge is -2.34. The Kier molecular flexibility index (Phi) is 6.02. The molecule has 1 aliphatic carbocycles. The van der Waals surface area contributed by atoms with Crippen LogP contribution in [0.5, 0.6) is 0 Å². The molecule has 1 amide bonds. The van der Waals surface area contributed by atoms with E-state index in [-0.39, 0.29) is 41.4 Å². The van der Waals surface area contributed by atoms with Crippen molar-refractivity contribution in [3.05, 3.63) is 83.6 Å². The first-order valence-corrected chi connectivity index (χ1v) is 14.4. The van der Waals surface area contributed by atoms with Gasteiger partial charge in [0.25, 0.3) is 11.8 Å². The van der Waals surface area contributed by atoms with Gasteiger partial charge in [-0.15, -0.1) is 5.10 Å². The fourth-order valence-electron chi connectivity index (χ4n) is 6.30. The molecule has 4 atom stereocenters. The summed E-state index contributed by atoms with van der Waals surface area (Å²) in [6, 6.07) is 17.8. The number of aliphatic imine (C=N–C) groups is 1. The van der Waals surface area contributed by atoms with Gasteiger partial charge in [0.05, 0.1) is 40.9 Å². The van der Waals surface area contributed by atoms with E-state index in [1.165, 1.54) is 0 Å². The number of anilines is 3. The van der Waals surface area contributed by atoms with E-state index >= 15 is 0 Å². The quantitative estimate of drug-likeness (QED) is 0.331. The summed E-state index contributed by atoms with van der Waals surface area (Å²) < 4.78 is 52.8. The maximum Gasteiger partial charge on any atom is 0.417 e. The SMILES string of the molecule is O=C1Nc2ccccc2C(c2ccccc2)=NC12CC2Nc1nnc(-c2ncc(C(F)(F)F)cc2N2CC3CCC(C2)O3)o1. The average molecular weight is 602 g/mol. The second-order valence-corrected chi connectivity index (χ2v) is 11.5. The fraction of sp³-hybridized carbons (Fsp3) is 0.323. The zero-order valence-corrected chi connectivity index (χ0v) is 23.2. The van der Waals surface area contributed by atoms with E-state index in [1.54, 1.807) is 0 Å². The van der Waals surface area contributed by atoms with Gasteiger partial charge in [-0.2, -0.15) is 13.2 Å². The van der Waals surface area contributed by atoms with Crippen LogP contribution in [-0.4, -0.2) is 63.7 Å². The normalized spacial score (nSPS) is 25.7. The molecule has 2 aromatic carbocycles. The van der Waals surface area contributed by atoms with E-state index in [1.807, 2.05) is 59.5 Å². The fourth-order valence-corrected chi connectivity index (χ4v) is 6.30. The zero-order valence-electron chi connectivity index (χ0n) is 23.2. The van der Waals surface area contributed by atoms with Crippen molar-refractivity contribution < 1.29 is 27.1 Å². The minimum Gasteiger partial charge on any atom is -0.402 e. The maximum atomic E-state index is 13.7. The summed E-state index contributed by atoms with van der Waals surface area (Å²) in [6.07, 6.45) is -1.82. The molecule has 4 unspecified atom stereocenters. The molecule has 3 aliphatic heterocycles. The Bertz CT molecular complexity index is 1780. The molecule has 13 heteroatoms. The lowest BCUT2D eigenvalue weighted by molar-refractivity contribution is -0.137. The Morgan fingerprint density at radius 2 is 1.75 bits per heavy atom. The van der Waals surface area contributed by atoms with E-state index in [2.05, 4.69) is 25.8 Å². The largest absolute Gasteiger partial charge is 0.417 e. The standard InChI is InChI=1S/C31H26F3N7O3/c32-31(33,34)18-12-23(41-15-19-10-11-20(16-41)43-19)26(35-14-18)27-39-40-29(44-27)37-24-13-30(24)28(42)36-22-9-5-4-8-21(22)25(38-30)17-6-2-1-3-7-17/h1-9,12,14,19-20,24H,10-11,13,15-16H2,(H,36,42)(H,37,40). The van der Waals surface area contributed by atoms with Crippen LogP contribution >= 0.6 is 0 Å². The Morgan fingerprint density at radius 3 is 2.52 bits per heavy atom. The molecular formula is C31H26F3N7O3. The Balaban J connectivity index is 1.10. The van der Waals surface area contributed by atoms with Gasteiger partial charge in [-0.05, 0) is 25.0 Å². The molecule has 5 heterocycles. The third-order valence-electron chi connectivity index (χ3n) is 8.62. The number of alkyl halides is 3. The number of halogens is 3. The lowest BCUT2D eigenvalue weighted by Crippen LogP contribution is -2.43. The summed E-state index contributed by atoms with van der Waals surface area (Å²) in [5, 5.41) is 14.4.